The van der Waals surface area contributed by atoms with Gasteiger partial charge in [-0.05, 0) is 100 Å². The summed E-state index contributed by atoms with van der Waals surface area (Å²) in [5, 5.41) is 44.0. The number of nitrogens with zero attached hydrogens (tertiary/aromatic N) is 1. The van der Waals surface area contributed by atoms with E-state index in [9.17, 15) is 39.6 Å². The number of amides is 1. The molecule has 3 heterocycles. The lowest BCUT2D eigenvalue weighted by atomic mass is 9.78. The number of rotatable bonds is 7. The van der Waals surface area contributed by atoms with Gasteiger partial charge in [0.25, 0.3) is 11.7 Å². The Bertz CT molecular complexity index is 1480. The fourth-order valence-electron chi connectivity index (χ4n) is 9.53. The average molecular weight is 804 g/mol. The first-order valence-electron chi connectivity index (χ1n) is 21.0. The van der Waals surface area contributed by atoms with Crippen molar-refractivity contribution in [2.45, 2.75) is 154 Å². The van der Waals surface area contributed by atoms with Gasteiger partial charge in [-0.2, -0.15) is 0 Å². The molecule has 2 saturated heterocycles. The molecule has 0 aromatic rings. The molecule has 4 rings (SSSR count). The zero-order chi connectivity index (χ0) is 42.2. The van der Waals surface area contributed by atoms with Crippen LogP contribution in [0, 0.1) is 35.5 Å². The summed E-state index contributed by atoms with van der Waals surface area (Å²) in [7, 11) is 3.05. The van der Waals surface area contributed by atoms with Crippen molar-refractivity contribution in [1.29, 1.82) is 0 Å². The lowest BCUT2D eigenvalue weighted by Crippen LogP contribution is -2.64. The third-order valence-electron chi connectivity index (χ3n) is 13.0. The van der Waals surface area contributed by atoms with E-state index in [0.717, 1.165) is 0 Å². The number of methoxy groups -OCH3 is 2. The van der Waals surface area contributed by atoms with E-state index in [2.05, 4.69) is 6.58 Å². The van der Waals surface area contributed by atoms with Crippen molar-refractivity contribution in [3.8, 4) is 0 Å². The molecule has 3 aliphatic heterocycles. The number of carbonyl (C=O) groups excluding carboxylic acids is 4. The highest BCUT2D eigenvalue weighted by Gasteiger charge is 2.56. The lowest BCUT2D eigenvalue weighted by molar-refractivity contribution is -0.302. The topological polar surface area (TPSA) is 189 Å². The van der Waals surface area contributed by atoms with Crippen molar-refractivity contribution in [3.63, 3.8) is 0 Å². The summed E-state index contributed by atoms with van der Waals surface area (Å²) in [4.78, 5) is 57.7. The van der Waals surface area contributed by atoms with Gasteiger partial charge in [-0.1, -0.05) is 45.9 Å². The zero-order valence-corrected chi connectivity index (χ0v) is 35.1. The minimum atomic E-state index is -2.52. The number of cyclic esters (lactones) is 1. The van der Waals surface area contributed by atoms with Gasteiger partial charge in [0.05, 0.1) is 24.4 Å². The van der Waals surface area contributed by atoms with E-state index in [1.807, 2.05) is 26.0 Å². The number of esters is 1. The quantitative estimate of drug-likeness (QED) is 0.163. The Labute approximate surface area is 338 Å². The molecule has 1 amide bonds. The second-order valence-electron chi connectivity index (χ2n) is 17.4. The number of hydrogen-bond acceptors (Lipinski definition) is 12. The van der Waals surface area contributed by atoms with Gasteiger partial charge in [0.2, 0.25) is 5.79 Å². The highest BCUT2D eigenvalue weighted by atomic mass is 16.7. The van der Waals surface area contributed by atoms with Gasteiger partial charge in [0.1, 0.15) is 18.2 Å². The minimum Gasteiger partial charge on any atom is -0.456 e. The molecule has 322 valence electrons. The summed E-state index contributed by atoms with van der Waals surface area (Å²) in [5.41, 5.74) is 1.14. The number of fused-ring (bicyclic) bond motifs is 3. The molecule has 0 aromatic carbocycles. The predicted molar refractivity (Wildman–Crippen MR) is 212 cm³/mol. The zero-order valence-electron chi connectivity index (χ0n) is 35.1. The van der Waals surface area contributed by atoms with Crippen LogP contribution in [-0.2, 0) is 38.1 Å². The number of ketones is 2. The van der Waals surface area contributed by atoms with Gasteiger partial charge in [-0.15, -0.1) is 6.58 Å². The Hall–Kier alpha value is -2.78. The lowest BCUT2D eigenvalue weighted by Gasteiger charge is -2.47. The van der Waals surface area contributed by atoms with Crippen molar-refractivity contribution in [3.05, 3.63) is 36.0 Å². The summed E-state index contributed by atoms with van der Waals surface area (Å²) in [6.07, 6.45) is 4.95. The summed E-state index contributed by atoms with van der Waals surface area (Å²) in [6, 6.07) is -1.16. The van der Waals surface area contributed by atoms with Gasteiger partial charge in [-0.3, -0.25) is 14.4 Å². The molecule has 0 spiro atoms. The van der Waals surface area contributed by atoms with Crippen LogP contribution < -0.4 is 0 Å². The number of hydrogen-bond donors (Lipinski definition) is 4. The summed E-state index contributed by atoms with van der Waals surface area (Å²) >= 11 is 0. The standard InChI is InChI=1S/C44H69NO12/c1-9-12-31-18-25(2)17-26(3)19-37(54-7)40-38(55-8)21-28(5)44(53,57-40)41(50)42(51)45-16-11-10-13-33(45)43(52)56-39(29(6)35(48)23-36(31)49)27(4)20-30-14-15-34(47)32(22-30)24-46/h9,18,20,25-26,28-30,32-35,37-40,46-48,53H,1,10-17,19,21-24H2,2-8H3/b27-20?,31-18-/t25?,26-,28+,29+,30-,32-,33-,34+,35-,37-,38-,39+,40?,44+/m0/s1. The van der Waals surface area contributed by atoms with Crippen molar-refractivity contribution >= 4 is 23.4 Å². The summed E-state index contributed by atoms with van der Waals surface area (Å²) < 4.78 is 24.2. The van der Waals surface area contributed by atoms with Crippen molar-refractivity contribution in [1.82, 2.24) is 4.90 Å². The molecule has 14 atom stereocenters. The smallest absolute Gasteiger partial charge is 0.329 e. The maximum atomic E-state index is 14.3. The second-order valence-corrected chi connectivity index (χ2v) is 17.4. The number of ether oxygens (including phenoxy) is 4. The maximum absolute atomic E-state index is 14.3. The Morgan fingerprint density at radius 2 is 1.65 bits per heavy atom. The Morgan fingerprint density at radius 3 is 2.30 bits per heavy atom. The Balaban J connectivity index is 1.78. The van der Waals surface area contributed by atoms with Crippen LogP contribution in [-0.4, -0.2) is 125 Å². The minimum absolute atomic E-state index is 0.0276. The van der Waals surface area contributed by atoms with Crippen molar-refractivity contribution < 1.29 is 58.6 Å². The number of aliphatic hydroxyl groups is 4. The molecule has 3 fully saturated rings. The molecular formula is C44H69NO12. The molecule has 4 aliphatic rings. The van der Waals surface area contributed by atoms with Gasteiger partial charge in [-0.25, -0.2) is 4.79 Å². The average Bonchev–Trinajstić information content (AvgIpc) is 3.18. The van der Waals surface area contributed by atoms with Gasteiger partial charge >= 0.3 is 5.97 Å². The van der Waals surface area contributed by atoms with Crippen LogP contribution in [0.1, 0.15) is 105 Å². The molecule has 2 unspecified atom stereocenters. The molecule has 13 heteroatoms. The fourth-order valence-corrected chi connectivity index (χ4v) is 9.53. The SMILES string of the molecule is C=CC/C1=C/C(C)C[C@H](C)C[C@H](OC)C2O[C@@](O)(C(=O)C(=O)N3CCCC[C@H]3C(=O)O[C@H](C(C)=C[C@@H]3CC[C@@H](O)[C@H](CO)C3)[C@H](C)[C@@H](O)CC1=O)[C@H](C)C[C@@H]2OC. The Kier molecular flexibility index (Phi) is 17.2. The molecular weight excluding hydrogens is 734 g/mol. The van der Waals surface area contributed by atoms with E-state index in [1.165, 1.54) is 19.1 Å². The third-order valence-corrected chi connectivity index (χ3v) is 13.0. The summed E-state index contributed by atoms with van der Waals surface area (Å²) in [6.45, 7) is 12.9. The third kappa shape index (κ3) is 11.3. The summed E-state index contributed by atoms with van der Waals surface area (Å²) in [5.74, 6) is -7.75. The molecule has 4 N–H and O–H groups in total. The molecule has 13 nitrogen and oxygen atoms in total. The number of carbonyl (C=O) groups is 4. The fraction of sp³-hybridized carbons (Fsp3) is 0.773. The van der Waals surface area contributed by atoms with Crippen LogP contribution in [0.25, 0.3) is 0 Å². The molecule has 0 aromatic heterocycles. The van der Waals surface area contributed by atoms with Gasteiger partial charge in [0, 0.05) is 51.5 Å². The normalized spacial score (nSPS) is 41.0. The van der Waals surface area contributed by atoms with E-state index < -0.39 is 77.9 Å². The number of aliphatic hydroxyl groups excluding tert-OH is 3. The first-order valence-corrected chi connectivity index (χ1v) is 21.0. The molecule has 1 aliphatic carbocycles. The second kappa shape index (κ2) is 21.0. The largest absolute Gasteiger partial charge is 0.456 e. The molecule has 57 heavy (non-hydrogen) atoms. The highest BCUT2D eigenvalue weighted by molar-refractivity contribution is 6.39. The number of Topliss-reactive ketones (excluding diaryl/α,β-unsaturated/α-hetero) is 2. The van der Waals surface area contributed by atoms with Crippen LogP contribution in [0.2, 0.25) is 0 Å². The van der Waals surface area contributed by atoms with E-state index in [4.69, 9.17) is 18.9 Å². The highest BCUT2D eigenvalue weighted by Crippen LogP contribution is 2.39. The van der Waals surface area contributed by atoms with E-state index in [0.29, 0.717) is 62.5 Å². The first kappa shape index (κ1) is 46.9. The first-order chi connectivity index (χ1) is 27.0. The van der Waals surface area contributed by atoms with Crippen LogP contribution in [0.15, 0.2) is 36.0 Å². The van der Waals surface area contributed by atoms with E-state index in [-0.39, 0.29) is 61.9 Å². The van der Waals surface area contributed by atoms with Crippen LogP contribution >= 0.6 is 0 Å². The van der Waals surface area contributed by atoms with Gasteiger partial charge in [0.15, 0.2) is 5.78 Å². The van der Waals surface area contributed by atoms with E-state index in [1.54, 1.807) is 26.8 Å². The van der Waals surface area contributed by atoms with Crippen molar-refractivity contribution in [2.75, 3.05) is 27.4 Å². The van der Waals surface area contributed by atoms with Gasteiger partial charge < -0.3 is 44.3 Å². The Morgan fingerprint density at radius 1 is 0.965 bits per heavy atom. The van der Waals surface area contributed by atoms with Crippen LogP contribution in [0.3, 0.4) is 0 Å². The number of piperidine rings is 1. The van der Waals surface area contributed by atoms with Crippen molar-refractivity contribution in [2.24, 2.45) is 35.5 Å². The number of allylic oxidation sites excluding steroid dienone is 4. The maximum Gasteiger partial charge on any atom is 0.329 e. The van der Waals surface area contributed by atoms with Crippen LogP contribution in [0.4, 0.5) is 0 Å². The monoisotopic (exact) mass is 803 g/mol. The predicted octanol–water partition coefficient (Wildman–Crippen LogP) is 4.23. The molecule has 1 saturated carbocycles. The molecule has 2 bridgehead atoms. The molecule has 0 radical (unpaired) electrons. The van der Waals surface area contributed by atoms with Crippen LogP contribution in [0.5, 0.6) is 0 Å². The van der Waals surface area contributed by atoms with E-state index >= 15 is 0 Å².